The molecule has 0 bridgehead atoms. The summed E-state index contributed by atoms with van der Waals surface area (Å²) >= 11 is 0. The van der Waals surface area contributed by atoms with Crippen molar-refractivity contribution in [2.45, 2.75) is 27.7 Å². The van der Waals surface area contributed by atoms with Crippen molar-refractivity contribution in [3.05, 3.63) is 118 Å². The third-order valence-electron chi connectivity index (χ3n) is 5.94. The van der Waals surface area contributed by atoms with Gasteiger partial charge in [0.15, 0.2) is 0 Å². The SMILES string of the molecule is C=C(C)C(=O)OCC[P+](C(=O)c1ccc(C)cc1)(C(=O)c1ccc(C)cc1)C(=O)c1ccc(C)cc1. The maximum absolute atomic E-state index is 14.2. The Morgan fingerprint density at radius 2 is 0.944 bits per heavy atom. The molecule has 0 aliphatic heterocycles. The minimum absolute atomic E-state index is 0.193. The van der Waals surface area contributed by atoms with E-state index in [4.69, 9.17) is 4.74 Å². The zero-order chi connectivity index (χ0) is 26.5. The first kappa shape index (κ1) is 26.9. The van der Waals surface area contributed by atoms with Crippen LogP contribution in [0.4, 0.5) is 0 Å². The van der Waals surface area contributed by atoms with E-state index in [0.717, 1.165) is 16.7 Å². The molecule has 36 heavy (non-hydrogen) atoms. The molecule has 3 aromatic carbocycles. The van der Waals surface area contributed by atoms with Gasteiger partial charge < -0.3 is 4.74 Å². The summed E-state index contributed by atoms with van der Waals surface area (Å²) in [4.78, 5) is 54.7. The lowest BCUT2D eigenvalue weighted by molar-refractivity contribution is -0.138. The number of rotatable bonds is 10. The van der Waals surface area contributed by atoms with Crippen molar-refractivity contribution in [3.63, 3.8) is 0 Å². The fourth-order valence-corrected chi connectivity index (χ4v) is 7.03. The first-order valence-electron chi connectivity index (χ1n) is 11.6. The molecule has 0 saturated carbocycles. The minimum Gasteiger partial charge on any atom is -0.458 e. The summed E-state index contributed by atoms with van der Waals surface area (Å²) in [6.07, 6.45) is -0.196. The normalized spacial score (nSPS) is 11.0. The van der Waals surface area contributed by atoms with Crippen molar-refractivity contribution in [2.75, 3.05) is 12.8 Å². The van der Waals surface area contributed by atoms with Crippen LogP contribution in [0.5, 0.6) is 0 Å². The summed E-state index contributed by atoms with van der Waals surface area (Å²) in [7, 11) is -3.79. The van der Waals surface area contributed by atoms with Crippen LogP contribution >= 0.6 is 7.26 Å². The summed E-state index contributed by atoms with van der Waals surface area (Å²) in [6.45, 7) is 10.5. The molecule has 0 spiro atoms. The Bertz CT molecular complexity index is 1160. The quantitative estimate of drug-likeness (QED) is 0.178. The first-order valence-corrected chi connectivity index (χ1v) is 13.6. The van der Waals surface area contributed by atoms with Crippen molar-refractivity contribution in [1.82, 2.24) is 0 Å². The van der Waals surface area contributed by atoms with Gasteiger partial charge in [-0.05, 0) is 64.1 Å². The van der Waals surface area contributed by atoms with Gasteiger partial charge in [0.2, 0.25) is 7.26 Å². The molecule has 0 heterocycles. The maximum Gasteiger partial charge on any atom is 0.333 e. The predicted molar refractivity (Wildman–Crippen MR) is 144 cm³/mol. The van der Waals surface area contributed by atoms with Crippen LogP contribution in [0.15, 0.2) is 84.9 Å². The van der Waals surface area contributed by atoms with E-state index in [1.54, 1.807) is 72.8 Å². The highest BCUT2D eigenvalue weighted by Gasteiger charge is 2.62. The molecule has 0 saturated heterocycles. The fourth-order valence-electron chi connectivity index (χ4n) is 3.73. The Kier molecular flexibility index (Phi) is 8.49. The van der Waals surface area contributed by atoms with Crippen molar-refractivity contribution in [1.29, 1.82) is 0 Å². The Balaban J connectivity index is 2.21. The second-order valence-corrected chi connectivity index (χ2v) is 12.2. The molecule has 5 nitrogen and oxygen atoms in total. The topological polar surface area (TPSA) is 77.5 Å². The van der Waals surface area contributed by atoms with Crippen LogP contribution in [0.3, 0.4) is 0 Å². The van der Waals surface area contributed by atoms with E-state index < -0.39 is 29.8 Å². The lowest BCUT2D eigenvalue weighted by atomic mass is 10.2. The molecule has 0 unspecified atom stereocenters. The van der Waals surface area contributed by atoms with Crippen molar-refractivity contribution < 1.29 is 23.9 Å². The first-order chi connectivity index (χ1) is 17.1. The minimum atomic E-state index is -3.79. The predicted octanol–water partition coefficient (Wildman–Crippen LogP) is 6.57. The van der Waals surface area contributed by atoms with Gasteiger partial charge in [-0.25, -0.2) is 19.2 Å². The van der Waals surface area contributed by atoms with E-state index >= 15 is 0 Å². The standard InChI is InChI=1S/C30H30O5P/c1-20(2)27(31)35-18-19-36(28(32)24-12-6-21(3)7-13-24,29(33)25-14-8-22(4)9-15-25)30(34)26-16-10-23(5)11-17-26/h6-17H,1,18-19H2,2-5H3/q+1. The van der Waals surface area contributed by atoms with Crippen LogP contribution in [-0.4, -0.2) is 35.3 Å². The molecule has 0 aliphatic rings. The molecule has 0 amide bonds. The van der Waals surface area contributed by atoms with Gasteiger partial charge in [0, 0.05) is 5.57 Å². The van der Waals surface area contributed by atoms with Gasteiger partial charge in [0.1, 0.15) is 12.8 Å². The van der Waals surface area contributed by atoms with Gasteiger partial charge in [-0.2, -0.15) is 0 Å². The van der Waals surface area contributed by atoms with E-state index in [9.17, 15) is 19.2 Å². The molecule has 0 atom stereocenters. The number of hydrogen-bond acceptors (Lipinski definition) is 5. The van der Waals surface area contributed by atoms with Gasteiger partial charge in [0.05, 0.1) is 16.7 Å². The molecule has 0 aromatic heterocycles. The number of ether oxygens (including phenoxy) is 1. The average Bonchev–Trinajstić information content (AvgIpc) is 2.87. The molecule has 0 aliphatic carbocycles. The Morgan fingerprint density at radius 3 is 1.22 bits per heavy atom. The number of aryl methyl sites for hydroxylation is 3. The van der Waals surface area contributed by atoms with Crippen LogP contribution in [0.1, 0.15) is 54.7 Å². The van der Waals surface area contributed by atoms with E-state index in [1.165, 1.54) is 6.92 Å². The maximum atomic E-state index is 14.2. The monoisotopic (exact) mass is 501 g/mol. The summed E-state index contributed by atoms with van der Waals surface area (Å²) in [5.41, 5.74) is 2.30. The molecule has 184 valence electrons. The lowest BCUT2D eigenvalue weighted by Crippen LogP contribution is -2.29. The van der Waals surface area contributed by atoms with Gasteiger partial charge in [-0.1, -0.05) is 59.7 Å². The third-order valence-corrected chi connectivity index (χ3v) is 9.65. The number of carbonyl (C=O) groups is 4. The van der Waals surface area contributed by atoms with Gasteiger partial charge in [-0.15, -0.1) is 0 Å². The molecule has 3 aromatic rings. The fraction of sp³-hybridized carbons (Fsp3) is 0.200. The summed E-state index contributed by atoms with van der Waals surface area (Å²) < 4.78 is 5.31. The van der Waals surface area contributed by atoms with Crippen LogP contribution in [0.25, 0.3) is 0 Å². The highest BCUT2D eigenvalue weighted by molar-refractivity contribution is 8.16. The van der Waals surface area contributed by atoms with Crippen molar-refractivity contribution in [3.8, 4) is 0 Å². The Morgan fingerprint density at radius 1 is 0.639 bits per heavy atom. The Labute approximate surface area is 212 Å². The molecule has 0 fully saturated rings. The van der Waals surface area contributed by atoms with Gasteiger partial charge >= 0.3 is 22.5 Å². The lowest BCUT2D eigenvalue weighted by Gasteiger charge is -2.22. The second-order valence-electron chi connectivity index (χ2n) is 8.96. The van der Waals surface area contributed by atoms with E-state index in [2.05, 4.69) is 6.58 Å². The second kappa shape index (κ2) is 11.4. The van der Waals surface area contributed by atoms with Crippen molar-refractivity contribution >= 4 is 29.8 Å². The molecule has 0 radical (unpaired) electrons. The molecular weight excluding hydrogens is 471 g/mol. The summed E-state index contributed by atoms with van der Waals surface area (Å²) in [6, 6.07) is 20.5. The summed E-state index contributed by atoms with van der Waals surface area (Å²) in [5, 5.41) is 0. The molecule has 0 N–H and O–H groups in total. The van der Waals surface area contributed by atoms with E-state index in [-0.39, 0.29) is 35.0 Å². The highest BCUT2D eigenvalue weighted by atomic mass is 31.2. The van der Waals surface area contributed by atoms with Crippen LogP contribution in [0.2, 0.25) is 0 Å². The average molecular weight is 502 g/mol. The van der Waals surface area contributed by atoms with Crippen molar-refractivity contribution in [2.24, 2.45) is 0 Å². The Hall–Kier alpha value is -3.69. The largest absolute Gasteiger partial charge is 0.458 e. The zero-order valence-electron chi connectivity index (χ0n) is 21.0. The molecule has 3 rings (SSSR count). The van der Waals surface area contributed by atoms with Crippen LogP contribution in [-0.2, 0) is 9.53 Å². The highest BCUT2D eigenvalue weighted by Crippen LogP contribution is 2.65. The van der Waals surface area contributed by atoms with Crippen LogP contribution in [0, 0.1) is 20.8 Å². The third kappa shape index (κ3) is 5.75. The van der Waals surface area contributed by atoms with Gasteiger partial charge in [-0.3, -0.25) is 0 Å². The summed E-state index contributed by atoms with van der Waals surface area (Å²) in [5.74, 6) is -0.638. The number of benzene rings is 3. The smallest absolute Gasteiger partial charge is 0.333 e. The molecular formula is C30H30O5P+. The zero-order valence-corrected chi connectivity index (χ0v) is 21.9. The molecule has 6 heteroatoms. The van der Waals surface area contributed by atoms with E-state index in [0.29, 0.717) is 0 Å². The van der Waals surface area contributed by atoms with E-state index in [1.807, 2.05) is 20.8 Å². The van der Waals surface area contributed by atoms with Crippen LogP contribution < -0.4 is 0 Å². The number of carbonyl (C=O) groups excluding carboxylic acids is 4. The number of hydrogen-bond donors (Lipinski definition) is 0. The van der Waals surface area contributed by atoms with Gasteiger partial charge in [0.25, 0.3) is 0 Å². The number of esters is 1.